The van der Waals surface area contributed by atoms with Gasteiger partial charge >= 0.3 is 0 Å². The largest absolute Gasteiger partial charge is 0.386 e. The summed E-state index contributed by atoms with van der Waals surface area (Å²) in [5, 5.41) is 8.46. The van der Waals surface area contributed by atoms with Crippen LogP contribution in [0, 0.1) is 0 Å². The molecule has 1 N–H and O–H groups in total. The molecule has 0 radical (unpaired) electrons. The Labute approximate surface area is 47.3 Å². The van der Waals surface area contributed by atoms with E-state index in [0.717, 1.165) is 0 Å². The van der Waals surface area contributed by atoms with Gasteiger partial charge in [-0.3, -0.25) is 0 Å². The fourth-order valence-corrected chi connectivity index (χ4v) is 0.307. The molecule has 0 bridgehead atoms. The molecule has 1 unspecified atom stereocenters. The molecule has 0 saturated heterocycles. The van der Waals surface area contributed by atoms with Crippen molar-refractivity contribution in [2.75, 3.05) is 0 Å². The summed E-state index contributed by atoms with van der Waals surface area (Å²) in [5.41, 5.74) is 0. The third-order valence-electron chi connectivity index (χ3n) is 0.737. The summed E-state index contributed by atoms with van der Waals surface area (Å²) in [4.78, 5) is 19.2. The summed E-state index contributed by atoms with van der Waals surface area (Å²) in [6.45, 7) is 0. The van der Waals surface area contributed by atoms with E-state index in [0.29, 0.717) is 12.6 Å². The lowest BCUT2D eigenvalue weighted by molar-refractivity contribution is -0.115. The lowest BCUT2D eigenvalue weighted by Gasteiger charge is -1.94. The summed E-state index contributed by atoms with van der Waals surface area (Å²) in [5.74, 6) is 0. The third-order valence-corrected chi connectivity index (χ3v) is 0.737. The van der Waals surface area contributed by atoms with Crippen LogP contribution in [0.15, 0.2) is 0 Å². The van der Waals surface area contributed by atoms with Gasteiger partial charge in [0.25, 0.3) is 0 Å². The molecule has 0 saturated carbocycles. The predicted octanol–water partition coefficient (Wildman–Crippen LogP) is -0.475. The summed E-state index contributed by atoms with van der Waals surface area (Å²) >= 11 is 0. The van der Waals surface area contributed by atoms with E-state index in [1.54, 1.807) is 0 Å². The van der Waals surface area contributed by atoms with Crippen molar-refractivity contribution in [2.45, 2.75) is 18.9 Å². The van der Waals surface area contributed by atoms with E-state index in [4.69, 9.17) is 5.11 Å². The van der Waals surface area contributed by atoms with Gasteiger partial charge in [0.2, 0.25) is 0 Å². The molecule has 0 aromatic rings. The number of rotatable bonds is 4. The van der Waals surface area contributed by atoms with Gasteiger partial charge in [-0.2, -0.15) is 0 Å². The average Bonchev–Trinajstić information content (AvgIpc) is 1.83. The lowest BCUT2D eigenvalue weighted by atomic mass is 10.2. The first-order valence-corrected chi connectivity index (χ1v) is 2.38. The van der Waals surface area contributed by atoms with Crippen molar-refractivity contribution < 1.29 is 14.7 Å². The minimum atomic E-state index is -0.958. The molecule has 46 valence electrons. The Balaban J connectivity index is 3.09. The minimum absolute atomic E-state index is 0.243. The van der Waals surface area contributed by atoms with Crippen LogP contribution in [0.1, 0.15) is 12.8 Å². The van der Waals surface area contributed by atoms with Crippen LogP contribution in [0.2, 0.25) is 0 Å². The van der Waals surface area contributed by atoms with Crippen LogP contribution in [-0.2, 0) is 9.59 Å². The Kier molecular flexibility index (Phi) is 4.07. The first-order valence-electron chi connectivity index (χ1n) is 2.38. The molecule has 0 amide bonds. The van der Waals surface area contributed by atoms with Crippen LogP contribution in [0.3, 0.4) is 0 Å². The second-order valence-corrected chi connectivity index (χ2v) is 1.45. The van der Waals surface area contributed by atoms with Crippen LogP contribution in [0.5, 0.6) is 0 Å². The van der Waals surface area contributed by atoms with Gasteiger partial charge in [-0.15, -0.1) is 0 Å². The van der Waals surface area contributed by atoms with Crippen molar-refractivity contribution in [3.8, 4) is 0 Å². The molecule has 0 aromatic carbocycles. The molecule has 0 aromatic heterocycles. The van der Waals surface area contributed by atoms with Gasteiger partial charge in [-0.05, 0) is 6.42 Å². The van der Waals surface area contributed by atoms with E-state index in [-0.39, 0.29) is 12.8 Å². The SMILES string of the molecule is O=CCCC(O)C=O. The van der Waals surface area contributed by atoms with Gasteiger partial charge in [0, 0.05) is 6.42 Å². The van der Waals surface area contributed by atoms with Crippen LogP contribution in [-0.4, -0.2) is 23.8 Å². The number of carbonyl (C=O) groups excluding carboxylic acids is 2. The quantitative estimate of drug-likeness (QED) is 0.505. The van der Waals surface area contributed by atoms with Crippen molar-refractivity contribution in [1.29, 1.82) is 0 Å². The van der Waals surface area contributed by atoms with E-state index in [1.807, 2.05) is 0 Å². The molecule has 3 nitrogen and oxygen atoms in total. The fourth-order valence-electron chi connectivity index (χ4n) is 0.307. The van der Waals surface area contributed by atoms with Crippen molar-refractivity contribution in [3.63, 3.8) is 0 Å². The zero-order valence-electron chi connectivity index (χ0n) is 4.41. The van der Waals surface area contributed by atoms with E-state index in [1.165, 1.54) is 0 Å². The first-order chi connectivity index (χ1) is 3.81. The van der Waals surface area contributed by atoms with Gasteiger partial charge in [0.15, 0.2) is 0 Å². The number of aliphatic hydroxyl groups is 1. The van der Waals surface area contributed by atoms with Gasteiger partial charge in [0.05, 0.1) is 0 Å². The highest BCUT2D eigenvalue weighted by Crippen LogP contribution is 1.88. The normalized spacial score (nSPS) is 12.6. The molecule has 1 atom stereocenters. The Morgan fingerprint density at radius 1 is 1.50 bits per heavy atom. The lowest BCUT2D eigenvalue weighted by Crippen LogP contribution is -2.06. The van der Waals surface area contributed by atoms with Crippen LogP contribution >= 0.6 is 0 Å². The Morgan fingerprint density at radius 2 is 2.12 bits per heavy atom. The average molecular weight is 116 g/mol. The van der Waals surface area contributed by atoms with Crippen molar-refractivity contribution >= 4 is 12.6 Å². The van der Waals surface area contributed by atoms with Gasteiger partial charge in [-0.25, -0.2) is 0 Å². The second kappa shape index (κ2) is 4.46. The zero-order chi connectivity index (χ0) is 6.41. The first kappa shape index (κ1) is 7.30. The van der Waals surface area contributed by atoms with Crippen LogP contribution in [0.4, 0.5) is 0 Å². The number of hydrogen-bond donors (Lipinski definition) is 1. The molecule has 8 heavy (non-hydrogen) atoms. The highest BCUT2D eigenvalue weighted by atomic mass is 16.3. The van der Waals surface area contributed by atoms with Crippen LogP contribution < -0.4 is 0 Å². The van der Waals surface area contributed by atoms with Gasteiger partial charge in [-0.1, -0.05) is 0 Å². The number of hydrogen-bond acceptors (Lipinski definition) is 3. The third kappa shape index (κ3) is 3.49. The standard InChI is InChI=1S/C5H8O3/c6-3-1-2-5(8)4-7/h3-5,8H,1-2H2. The summed E-state index contributed by atoms with van der Waals surface area (Å²) in [6, 6.07) is 0. The smallest absolute Gasteiger partial charge is 0.148 e. The van der Waals surface area contributed by atoms with Crippen LogP contribution in [0.25, 0.3) is 0 Å². The topological polar surface area (TPSA) is 54.4 Å². The van der Waals surface area contributed by atoms with E-state index >= 15 is 0 Å². The van der Waals surface area contributed by atoms with E-state index in [9.17, 15) is 9.59 Å². The molecular formula is C5H8O3. The van der Waals surface area contributed by atoms with Gasteiger partial charge in [0.1, 0.15) is 18.7 Å². The highest BCUT2D eigenvalue weighted by molar-refractivity contribution is 5.57. The molecule has 0 aliphatic heterocycles. The molecule has 0 fully saturated rings. The van der Waals surface area contributed by atoms with E-state index in [2.05, 4.69) is 0 Å². The fraction of sp³-hybridized carbons (Fsp3) is 0.600. The van der Waals surface area contributed by atoms with Crippen molar-refractivity contribution in [2.24, 2.45) is 0 Å². The summed E-state index contributed by atoms with van der Waals surface area (Å²) in [6.07, 6.45) is 0.628. The number of aldehydes is 2. The van der Waals surface area contributed by atoms with Gasteiger partial charge < -0.3 is 14.7 Å². The minimum Gasteiger partial charge on any atom is -0.386 e. The predicted molar refractivity (Wildman–Crippen MR) is 27.4 cm³/mol. The number of carbonyl (C=O) groups is 2. The summed E-state index contributed by atoms with van der Waals surface area (Å²) in [7, 11) is 0. The molecule has 3 heteroatoms. The molecule has 0 aliphatic rings. The maximum Gasteiger partial charge on any atom is 0.148 e. The van der Waals surface area contributed by atoms with E-state index < -0.39 is 6.10 Å². The Bertz CT molecular complexity index is 79.7. The maximum absolute atomic E-state index is 9.64. The molecule has 0 heterocycles. The van der Waals surface area contributed by atoms with Crippen molar-refractivity contribution in [3.05, 3.63) is 0 Å². The Morgan fingerprint density at radius 3 is 2.50 bits per heavy atom. The molecular weight excluding hydrogens is 108 g/mol. The highest BCUT2D eigenvalue weighted by Gasteiger charge is 1.97. The monoisotopic (exact) mass is 116 g/mol. The Hall–Kier alpha value is -0.700. The second-order valence-electron chi connectivity index (χ2n) is 1.45. The molecule has 0 rings (SSSR count). The zero-order valence-corrected chi connectivity index (χ0v) is 4.41. The maximum atomic E-state index is 9.64. The molecule has 0 spiro atoms. The number of aliphatic hydroxyl groups excluding tert-OH is 1. The van der Waals surface area contributed by atoms with Crippen molar-refractivity contribution in [1.82, 2.24) is 0 Å². The molecule has 0 aliphatic carbocycles. The summed E-state index contributed by atoms with van der Waals surface area (Å²) < 4.78 is 0.